The number of carbonyl (C=O) groups excluding carboxylic acids is 2. The molecule has 256 valence electrons. The van der Waals surface area contributed by atoms with Gasteiger partial charge in [-0.05, 0) is 72.2 Å². The minimum atomic E-state index is -4.35. The van der Waals surface area contributed by atoms with E-state index in [1.807, 2.05) is 24.3 Å². The largest absolute Gasteiger partial charge is 0.497 e. The van der Waals surface area contributed by atoms with Gasteiger partial charge >= 0.3 is 12.1 Å². The van der Waals surface area contributed by atoms with Crippen molar-refractivity contribution in [3.63, 3.8) is 0 Å². The van der Waals surface area contributed by atoms with Crippen molar-refractivity contribution in [3.05, 3.63) is 119 Å². The number of benzene rings is 3. The predicted molar refractivity (Wildman–Crippen MR) is 181 cm³/mol. The van der Waals surface area contributed by atoms with Crippen LogP contribution < -0.4 is 5.32 Å². The molecule has 0 saturated heterocycles. The highest BCUT2D eigenvalue weighted by atomic mass is 79.9. The molecular weight excluding hydrogens is 707 g/mol. The van der Waals surface area contributed by atoms with E-state index in [2.05, 4.69) is 26.2 Å². The number of hydrogen-bond acceptors (Lipinski definition) is 6. The van der Waals surface area contributed by atoms with Crippen LogP contribution in [-0.2, 0) is 20.9 Å². The fourth-order valence-electron chi connectivity index (χ4n) is 4.64. The number of carbonyl (C=O) groups is 3. The summed E-state index contributed by atoms with van der Waals surface area (Å²) in [5.41, 5.74) is 3.62. The number of aromatic nitrogens is 1. The zero-order chi connectivity index (χ0) is 35.6. The molecule has 1 unspecified atom stereocenters. The third-order valence-electron chi connectivity index (χ3n) is 7.11. The maximum atomic E-state index is 13.3. The number of ether oxygens (including phenoxy) is 1. The Morgan fingerprint density at radius 1 is 1.02 bits per heavy atom. The van der Waals surface area contributed by atoms with Crippen LogP contribution in [0.2, 0.25) is 0 Å². The number of nitrogens with zero attached hydrogens (tertiary/aromatic N) is 2. The average molecular weight is 741 g/mol. The first-order chi connectivity index (χ1) is 23.3. The topological polar surface area (TPSA) is 122 Å². The van der Waals surface area contributed by atoms with Gasteiger partial charge in [-0.25, -0.2) is 4.98 Å². The van der Waals surface area contributed by atoms with E-state index in [4.69, 9.17) is 9.15 Å². The Morgan fingerprint density at radius 2 is 1.67 bits per heavy atom. The molecule has 0 bridgehead atoms. The third kappa shape index (κ3) is 11.5. The van der Waals surface area contributed by atoms with E-state index >= 15 is 0 Å². The lowest BCUT2D eigenvalue weighted by molar-refractivity contribution is -0.138. The molecule has 1 atom stereocenters. The molecule has 0 radical (unpaired) electrons. The highest BCUT2D eigenvalue weighted by molar-refractivity contribution is 9.10. The number of rotatable bonds is 14. The fraction of sp³-hybridized carbons (Fsp3) is 0.222. The quantitative estimate of drug-likeness (QED) is 0.0983. The Morgan fingerprint density at radius 3 is 2.29 bits per heavy atom. The number of methoxy groups -OCH3 is 1. The number of anilines is 1. The third-order valence-corrected chi connectivity index (χ3v) is 7.64. The molecule has 4 rings (SSSR count). The van der Waals surface area contributed by atoms with Crippen LogP contribution in [0.3, 0.4) is 0 Å². The van der Waals surface area contributed by atoms with Crippen LogP contribution in [0.1, 0.15) is 35.7 Å². The molecule has 49 heavy (non-hydrogen) atoms. The summed E-state index contributed by atoms with van der Waals surface area (Å²) in [6.07, 6.45) is 0.0117. The first-order valence-corrected chi connectivity index (χ1v) is 15.8. The Labute approximate surface area is 289 Å². The number of hydrogen-bond donors (Lipinski definition) is 2. The lowest BCUT2D eigenvalue weighted by atomic mass is 10.1. The molecular formula is C36H33BrF3N3O6. The zero-order valence-corrected chi connectivity index (χ0v) is 28.1. The monoisotopic (exact) mass is 739 g/mol. The minimum absolute atomic E-state index is 0.0290. The van der Waals surface area contributed by atoms with E-state index in [0.29, 0.717) is 28.4 Å². The molecule has 4 aromatic rings. The van der Waals surface area contributed by atoms with E-state index in [1.165, 1.54) is 42.4 Å². The molecule has 9 nitrogen and oxygen atoms in total. The molecule has 0 fully saturated rings. The lowest BCUT2D eigenvalue weighted by Gasteiger charge is -2.21. The molecule has 0 aliphatic carbocycles. The minimum Gasteiger partial charge on any atom is -0.497 e. The first-order valence-electron chi connectivity index (χ1n) is 15.0. The highest BCUT2D eigenvalue weighted by Crippen LogP contribution is 2.27. The normalized spacial score (nSPS) is 12.5. The standard InChI is InChI=1S/C36H33BrF3N3O6/c1-23(3-16-30(48-2)17-18-36(38,39)40)19-32(44)41-29-14-10-27(11-15-29)35(47)43(21-33(45)46)20-24-4-6-26(7-5-24)34-42-31(22-49-34)25-8-12-28(37)13-9-25/h3-17,22-23H,18-21H2,1-2H3,(H,41,44)(H,45,46)/b16-3-,30-17+. The molecule has 1 heterocycles. The maximum absolute atomic E-state index is 13.3. The second-order valence-corrected chi connectivity index (χ2v) is 12.0. The van der Waals surface area contributed by atoms with Crippen LogP contribution in [-0.4, -0.2) is 52.6 Å². The average Bonchev–Trinajstić information content (AvgIpc) is 3.55. The van der Waals surface area contributed by atoms with Crippen molar-refractivity contribution >= 4 is 39.4 Å². The van der Waals surface area contributed by atoms with Gasteiger partial charge in [-0.2, -0.15) is 13.2 Å². The van der Waals surface area contributed by atoms with Crippen molar-refractivity contribution in [1.82, 2.24) is 9.88 Å². The van der Waals surface area contributed by atoms with Crippen molar-refractivity contribution in [2.45, 2.75) is 32.5 Å². The zero-order valence-electron chi connectivity index (χ0n) is 26.5. The summed E-state index contributed by atoms with van der Waals surface area (Å²) in [6.45, 7) is 1.23. The molecule has 0 aliphatic rings. The van der Waals surface area contributed by atoms with Gasteiger partial charge in [0.05, 0.1) is 13.5 Å². The number of aliphatic carboxylic acids is 1. The summed E-state index contributed by atoms with van der Waals surface area (Å²) in [5.74, 6) is -1.89. The molecule has 0 saturated carbocycles. The van der Waals surface area contributed by atoms with Crippen molar-refractivity contribution < 1.29 is 41.8 Å². The van der Waals surface area contributed by atoms with Gasteiger partial charge < -0.3 is 24.5 Å². The van der Waals surface area contributed by atoms with Gasteiger partial charge in [-0.1, -0.05) is 53.2 Å². The van der Waals surface area contributed by atoms with Crippen molar-refractivity contribution in [3.8, 4) is 22.7 Å². The molecule has 2 amide bonds. The number of halogens is 4. The fourth-order valence-corrected chi connectivity index (χ4v) is 4.91. The number of nitrogens with one attached hydrogen (secondary N) is 1. The van der Waals surface area contributed by atoms with E-state index in [0.717, 1.165) is 16.1 Å². The lowest BCUT2D eigenvalue weighted by Crippen LogP contribution is -2.35. The van der Waals surface area contributed by atoms with Gasteiger partial charge in [0.1, 0.15) is 24.3 Å². The number of alkyl halides is 3. The highest BCUT2D eigenvalue weighted by Gasteiger charge is 2.25. The Balaban J connectivity index is 1.35. The number of carboxylic acids is 1. The summed E-state index contributed by atoms with van der Waals surface area (Å²) >= 11 is 3.41. The van der Waals surface area contributed by atoms with Crippen LogP contribution in [0.5, 0.6) is 0 Å². The smallest absolute Gasteiger partial charge is 0.392 e. The van der Waals surface area contributed by atoms with Crippen LogP contribution in [0.4, 0.5) is 18.9 Å². The van der Waals surface area contributed by atoms with Crippen molar-refractivity contribution in [2.24, 2.45) is 5.92 Å². The van der Waals surface area contributed by atoms with Gasteiger partial charge in [0.15, 0.2) is 0 Å². The van der Waals surface area contributed by atoms with Gasteiger partial charge in [-0.15, -0.1) is 0 Å². The number of oxazole rings is 1. The second kappa shape index (κ2) is 16.8. The summed E-state index contributed by atoms with van der Waals surface area (Å²) in [6, 6.07) is 20.8. The van der Waals surface area contributed by atoms with Crippen LogP contribution in [0.25, 0.3) is 22.7 Å². The maximum Gasteiger partial charge on any atom is 0.392 e. The van der Waals surface area contributed by atoms with Crippen LogP contribution in [0.15, 0.2) is 112 Å². The number of allylic oxidation sites excluding steroid dienone is 3. The molecule has 13 heteroatoms. The van der Waals surface area contributed by atoms with E-state index in [-0.39, 0.29) is 36.1 Å². The van der Waals surface area contributed by atoms with E-state index in [9.17, 15) is 32.7 Å². The summed E-state index contributed by atoms with van der Waals surface area (Å²) in [4.78, 5) is 43.3. The summed E-state index contributed by atoms with van der Waals surface area (Å²) in [7, 11) is 1.26. The molecule has 1 aromatic heterocycles. The van der Waals surface area contributed by atoms with Gasteiger partial charge in [-0.3, -0.25) is 14.4 Å². The number of amides is 2. The number of carboxylic acid groups (broad SMARTS) is 1. The predicted octanol–water partition coefficient (Wildman–Crippen LogP) is 8.50. The molecule has 0 aliphatic heterocycles. The van der Waals surface area contributed by atoms with E-state index < -0.39 is 31.0 Å². The van der Waals surface area contributed by atoms with Crippen molar-refractivity contribution in [2.75, 3.05) is 19.0 Å². The first kappa shape index (κ1) is 36.7. The van der Waals surface area contributed by atoms with Crippen LogP contribution >= 0.6 is 15.9 Å². The second-order valence-electron chi connectivity index (χ2n) is 11.1. The van der Waals surface area contributed by atoms with E-state index in [1.54, 1.807) is 43.5 Å². The Bertz CT molecular complexity index is 1800. The Hall–Kier alpha value is -5.17. The molecule has 3 aromatic carbocycles. The summed E-state index contributed by atoms with van der Waals surface area (Å²) < 4.78 is 48.9. The Kier molecular flexibility index (Phi) is 12.6. The molecule has 0 spiro atoms. The summed E-state index contributed by atoms with van der Waals surface area (Å²) in [5, 5.41) is 12.2. The van der Waals surface area contributed by atoms with Crippen LogP contribution in [0, 0.1) is 5.92 Å². The van der Waals surface area contributed by atoms with Gasteiger partial charge in [0.25, 0.3) is 5.91 Å². The van der Waals surface area contributed by atoms with Gasteiger partial charge in [0.2, 0.25) is 11.8 Å². The SMILES string of the molecule is COC(/C=C\C(C)CC(=O)Nc1ccc(C(=O)N(CC(=O)O)Cc2ccc(-c3nc(-c4ccc(Br)cc4)co3)cc2)cc1)=C/CC(F)(F)F. The van der Waals surface area contributed by atoms with Crippen molar-refractivity contribution in [1.29, 1.82) is 0 Å². The molecule has 2 N–H and O–H groups in total. The van der Waals surface area contributed by atoms with Gasteiger partial charge in [0, 0.05) is 39.8 Å².